The van der Waals surface area contributed by atoms with Crippen LogP contribution in [-0.4, -0.2) is 11.1 Å². The van der Waals surface area contributed by atoms with E-state index in [-0.39, 0.29) is 16.1 Å². The number of carboxylic acids is 1. The maximum Gasteiger partial charge on any atom is 0.337 e. The van der Waals surface area contributed by atoms with E-state index in [0.717, 1.165) is 17.2 Å². The summed E-state index contributed by atoms with van der Waals surface area (Å²) < 4.78 is 13.8. The Kier molecular flexibility index (Phi) is 4.29. The van der Waals surface area contributed by atoms with Crippen molar-refractivity contribution < 1.29 is 14.3 Å². The van der Waals surface area contributed by atoms with Gasteiger partial charge in [-0.15, -0.1) is 11.8 Å². The highest BCUT2D eigenvalue weighted by atomic mass is 32.2. The fourth-order valence-corrected chi connectivity index (χ4v) is 2.73. The van der Waals surface area contributed by atoms with E-state index in [2.05, 4.69) is 0 Å². The molecule has 0 amide bonds. The second kappa shape index (κ2) is 5.96. The lowest BCUT2D eigenvalue weighted by molar-refractivity contribution is 0.0697. The molecule has 2 rings (SSSR count). The summed E-state index contributed by atoms with van der Waals surface area (Å²) in [7, 11) is 0. The van der Waals surface area contributed by atoms with Crippen LogP contribution < -0.4 is 5.73 Å². The van der Waals surface area contributed by atoms with Gasteiger partial charge in [0.25, 0.3) is 0 Å². The average Bonchev–Trinajstić information content (AvgIpc) is 2.37. The zero-order chi connectivity index (χ0) is 14.7. The molecule has 0 spiro atoms. The second-order valence-corrected chi connectivity index (χ2v) is 5.47. The van der Waals surface area contributed by atoms with Gasteiger partial charge in [-0.25, -0.2) is 9.18 Å². The number of thioether (sulfide) groups is 1. The summed E-state index contributed by atoms with van der Waals surface area (Å²) >= 11 is 1.26. The summed E-state index contributed by atoms with van der Waals surface area (Å²) in [6.45, 7) is 1.99. The highest BCUT2D eigenvalue weighted by molar-refractivity contribution is 7.98. The lowest BCUT2D eigenvalue weighted by atomic mass is 10.2. The number of nitrogens with two attached hydrogens (primary N) is 1. The van der Waals surface area contributed by atoms with E-state index in [1.54, 1.807) is 0 Å². The van der Waals surface area contributed by atoms with Crippen molar-refractivity contribution >= 4 is 23.4 Å². The molecule has 3 nitrogen and oxygen atoms in total. The Hall–Kier alpha value is -2.01. The number of nitrogen functional groups attached to an aromatic ring is 1. The Balaban J connectivity index is 2.21. The van der Waals surface area contributed by atoms with Crippen molar-refractivity contribution in [2.75, 3.05) is 5.73 Å². The quantitative estimate of drug-likeness (QED) is 0.666. The number of anilines is 1. The maximum atomic E-state index is 13.8. The lowest BCUT2D eigenvalue weighted by Gasteiger charge is -2.07. The third-order valence-corrected chi connectivity index (χ3v) is 3.91. The van der Waals surface area contributed by atoms with Crippen LogP contribution >= 0.6 is 11.8 Å². The van der Waals surface area contributed by atoms with Gasteiger partial charge in [-0.05, 0) is 24.6 Å². The molecule has 0 fully saturated rings. The van der Waals surface area contributed by atoms with Crippen LogP contribution in [0.2, 0.25) is 0 Å². The molecule has 0 unspecified atom stereocenters. The molecule has 2 aromatic rings. The van der Waals surface area contributed by atoms with Gasteiger partial charge in [0.2, 0.25) is 0 Å². The van der Waals surface area contributed by atoms with Crippen LogP contribution in [0.25, 0.3) is 0 Å². The number of rotatable bonds is 4. The van der Waals surface area contributed by atoms with Gasteiger partial charge >= 0.3 is 5.97 Å². The fraction of sp³-hybridized carbons (Fsp3) is 0.133. The molecule has 0 saturated carbocycles. The smallest absolute Gasteiger partial charge is 0.337 e. The Morgan fingerprint density at radius 1 is 1.35 bits per heavy atom. The molecule has 5 heteroatoms. The molecule has 20 heavy (non-hydrogen) atoms. The first-order chi connectivity index (χ1) is 9.47. The second-order valence-electron chi connectivity index (χ2n) is 4.45. The minimum atomic E-state index is -1.15. The first-order valence-corrected chi connectivity index (χ1v) is 6.96. The Morgan fingerprint density at radius 3 is 2.75 bits per heavy atom. The van der Waals surface area contributed by atoms with Crippen molar-refractivity contribution in [3.05, 3.63) is 58.9 Å². The van der Waals surface area contributed by atoms with E-state index in [9.17, 15) is 9.18 Å². The molecule has 0 bridgehead atoms. The molecular formula is C15H14FNO2S. The minimum Gasteiger partial charge on any atom is -0.478 e. The summed E-state index contributed by atoms with van der Waals surface area (Å²) in [6.07, 6.45) is 0. The van der Waals surface area contributed by atoms with Gasteiger partial charge in [-0.3, -0.25) is 0 Å². The Labute approximate surface area is 120 Å². The van der Waals surface area contributed by atoms with Gasteiger partial charge in [-0.1, -0.05) is 29.8 Å². The Bertz CT molecular complexity index is 658. The van der Waals surface area contributed by atoms with E-state index in [4.69, 9.17) is 10.8 Å². The van der Waals surface area contributed by atoms with Gasteiger partial charge in [0.1, 0.15) is 5.82 Å². The molecule has 0 radical (unpaired) electrons. The van der Waals surface area contributed by atoms with Crippen molar-refractivity contribution in [3.8, 4) is 0 Å². The molecule has 0 aliphatic heterocycles. The average molecular weight is 291 g/mol. The molecule has 0 saturated heterocycles. The molecule has 104 valence electrons. The lowest BCUT2D eigenvalue weighted by Crippen LogP contribution is -2.03. The molecule has 2 aromatic carbocycles. The number of hydrogen-bond donors (Lipinski definition) is 2. The predicted molar refractivity (Wildman–Crippen MR) is 78.5 cm³/mol. The van der Waals surface area contributed by atoms with Crippen LogP contribution in [0.5, 0.6) is 0 Å². The zero-order valence-electron chi connectivity index (χ0n) is 10.9. The van der Waals surface area contributed by atoms with Crippen molar-refractivity contribution in [2.45, 2.75) is 17.6 Å². The van der Waals surface area contributed by atoms with E-state index >= 15 is 0 Å². The number of carboxylic acid groups (broad SMARTS) is 1. The number of aryl methyl sites for hydroxylation is 1. The first-order valence-electron chi connectivity index (χ1n) is 5.98. The largest absolute Gasteiger partial charge is 0.478 e. The van der Waals surface area contributed by atoms with E-state index in [1.807, 2.05) is 31.2 Å². The number of halogens is 1. The SMILES string of the molecule is Cc1cccc(CSc2cc(C(=O)O)c(N)cc2F)c1. The van der Waals surface area contributed by atoms with E-state index in [1.165, 1.54) is 17.8 Å². The fourth-order valence-electron chi connectivity index (χ4n) is 1.83. The van der Waals surface area contributed by atoms with Crippen LogP contribution in [0, 0.1) is 12.7 Å². The summed E-state index contributed by atoms with van der Waals surface area (Å²) in [4.78, 5) is 11.3. The molecule has 3 N–H and O–H groups in total. The van der Waals surface area contributed by atoms with Gasteiger partial charge in [0, 0.05) is 16.3 Å². The highest BCUT2D eigenvalue weighted by Gasteiger charge is 2.13. The molecule has 0 aromatic heterocycles. The molecular weight excluding hydrogens is 277 g/mol. The first kappa shape index (κ1) is 14.4. The number of aromatic carboxylic acids is 1. The van der Waals surface area contributed by atoms with Crippen LogP contribution in [0.15, 0.2) is 41.3 Å². The topological polar surface area (TPSA) is 63.3 Å². The van der Waals surface area contributed by atoms with Gasteiger partial charge < -0.3 is 10.8 Å². The molecule has 0 aliphatic carbocycles. The van der Waals surface area contributed by atoms with Crippen LogP contribution in [0.4, 0.5) is 10.1 Å². The normalized spacial score (nSPS) is 10.5. The van der Waals surface area contributed by atoms with E-state index in [0.29, 0.717) is 5.75 Å². The minimum absolute atomic E-state index is 0.0603. The van der Waals surface area contributed by atoms with Gasteiger partial charge in [-0.2, -0.15) is 0 Å². The third-order valence-electron chi connectivity index (χ3n) is 2.81. The highest BCUT2D eigenvalue weighted by Crippen LogP contribution is 2.29. The van der Waals surface area contributed by atoms with Gasteiger partial charge in [0.15, 0.2) is 0 Å². The van der Waals surface area contributed by atoms with Crippen LogP contribution in [0.1, 0.15) is 21.5 Å². The molecule has 0 atom stereocenters. The number of benzene rings is 2. The number of hydrogen-bond acceptors (Lipinski definition) is 3. The summed E-state index contributed by atoms with van der Waals surface area (Å²) in [5, 5.41) is 8.99. The zero-order valence-corrected chi connectivity index (χ0v) is 11.7. The maximum absolute atomic E-state index is 13.8. The van der Waals surface area contributed by atoms with Crippen molar-refractivity contribution in [1.29, 1.82) is 0 Å². The van der Waals surface area contributed by atoms with Gasteiger partial charge in [0.05, 0.1) is 5.56 Å². The van der Waals surface area contributed by atoms with Crippen LogP contribution in [0.3, 0.4) is 0 Å². The van der Waals surface area contributed by atoms with E-state index < -0.39 is 11.8 Å². The van der Waals surface area contributed by atoms with Crippen molar-refractivity contribution in [3.63, 3.8) is 0 Å². The third kappa shape index (κ3) is 3.30. The summed E-state index contributed by atoms with van der Waals surface area (Å²) in [5.74, 6) is -1.08. The molecule has 0 heterocycles. The van der Waals surface area contributed by atoms with Crippen LogP contribution in [-0.2, 0) is 5.75 Å². The molecule has 0 aliphatic rings. The number of carbonyl (C=O) groups is 1. The predicted octanol–water partition coefficient (Wildman–Crippen LogP) is 3.71. The summed E-state index contributed by atoms with van der Waals surface area (Å²) in [6, 6.07) is 10.2. The Morgan fingerprint density at radius 2 is 2.10 bits per heavy atom. The standard InChI is InChI=1S/C15H14FNO2S/c1-9-3-2-4-10(5-9)8-20-14-6-11(15(18)19)13(17)7-12(14)16/h2-7H,8,17H2,1H3,(H,18,19). The van der Waals surface area contributed by atoms with Crippen molar-refractivity contribution in [1.82, 2.24) is 0 Å². The monoisotopic (exact) mass is 291 g/mol. The van der Waals surface area contributed by atoms with Crippen molar-refractivity contribution in [2.24, 2.45) is 0 Å². The summed E-state index contributed by atoms with van der Waals surface area (Å²) in [5.41, 5.74) is 7.55.